The van der Waals surface area contributed by atoms with Crippen LogP contribution in [0.4, 0.5) is 5.69 Å². The Morgan fingerprint density at radius 3 is 2.71 bits per heavy atom. The number of nitrogens with one attached hydrogen (secondary N) is 2. The minimum absolute atomic E-state index is 0.143. The van der Waals surface area contributed by atoms with Gasteiger partial charge in [-0.1, -0.05) is 31.2 Å². The van der Waals surface area contributed by atoms with Gasteiger partial charge in [-0.15, -0.1) is 0 Å². The fourth-order valence-corrected chi connectivity index (χ4v) is 0.922. The third-order valence-corrected chi connectivity index (χ3v) is 1.61. The van der Waals surface area contributed by atoms with E-state index in [4.69, 9.17) is 0 Å². The molecule has 0 aliphatic heterocycles. The number of carbonyl (C=O) groups is 1. The van der Waals surface area contributed by atoms with Crippen LogP contribution in [0.5, 0.6) is 0 Å². The summed E-state index contributed by atoms with van der Waals surface area (Å²) in [6, 6.07) is 9.48. The van der Waals surface area contributed by atoms with E-state index >= 15 is 0 Å². The monoisotopic (exact) mass is 190 g/mol. The number of rotatable bonds is 4. The second kappa shape index (κ2) is 5.80. The summed E-state index contributed by atoms with van der Waals surface area (Å²) in [7, 11) is 0. The largest absolute Gasteiger partial charge is 0.298 e. The third-order valence-electron chi connectivity index (χ3n) is 1.61. The average molecular weight is 190 g/mol. The summed E-state index contributed by atoms with van der Waals surface area (Å²) in [5, 5.41) is 0. The van der Waals surface area contributed by atoms with Crippen LogP contribution < -0.4 is 10.9 Å². The topological polar surface area (TPSA) is 41.1 Å². The molecule has 0 radical (unpaired) electrons. The second-order valence-corrected chi connectivity index (χ2v) is 2.79. The Morgan fingerprint density at radius 2 is 2.07 bits per heavy atom. The maximum atomic E-state index is 11.1. The lowest BCUT2D eigenvalue weighted by molar-refractivity contribution is -0.116. The molecule has 0 heterocycles. The van der Waals surface area contributed by atoms with Crippen LogP contribution in [0.3, 0.4) is 0 Å². The van der Waals surface area contributed by atoms with Gasteiger partial charge in [0.25, 0.3) is 5.91 Å². The Labute approximate surface area is 83.8 Å². The lowest BCUT2D eigenvalue weighted by Crippen LogP contribution is -2.27. The van der Waals surface area contributed by atoms with Crippen LogP contribution >= 0.6 is 0 Å². The van der Waals surface area contributed by atoms with Crippen LogP contribution in [-0.4, -0.2) is 5.91 Å². The zero-order valence-corrected chi connectivity index (χ0v) is 8.16. The molecule has 0 atom stereocenters. The van der Waals surface area contributed by atoms with Gasteiger partial charge in [-0.05, 0) is 18.6 Å². The first-order valence-electron chi connectivity index (χ1n) is 4.60. The lowest BCUT2D eigenvalue weighted by Gasteiger charge is -2.05. The molecule has 0 spiro atoms. The first-order chi connectivity index (χ1) is 6.83. The van der Waals surface area contributed by atoms with E-state index in [0.717, 1.165) is 12.1 Å². The van der Waals surface area contributed by atoms with Gasteiger partial charge in [-0.3, -0.25) is 15.6 Å². The molecular formula is C11H14N2O. The Balaban J connectivity index is 2.34. The van der Waals surface area contributed by atoms with Gasteiger partial charge in [0.05, 0.1) is 5.69 Å². The highest BCUT2D eigenvalue weighted by Crippen LogP contribution is 2.02. The fraction of sp³-hybridized carbons (Fsp3) is 0.182. The lowest BCUT2D eigenvalue weighted by atomic mass is 10.3. The van der Waals surface area contributed by atoms with E-state index in [1.165, 1.54) is 6.08 Å². The van der Waals surface area contributed by atoms with Crippen molar-refractivity contribution in [2.24, 2.45) is 0 Å². The Kier molecular flexibility index (Phi) is 4.27. The summed E-state index contributed by atoms with van der Waals surface area (Å²) >= 11 is 0. The number of para-hydroxylation sites is 1. The van der Waals surface area contributed by atoms with Crippen molar-refractivity contribution in [1.82, 2.24) is 5.43 Å². The van der Waals surface area contributed by atoms with Gasteiger partial charge in [0.15, 0.2) is 0 Å². The Morgan fingerprint density at radius 1 is 1.36 bits per heavy atom. The minimum Gasteiger partial charge on any atom is -0.298 e. The summed E-state index contributed by atoms with van der Waals surface area (Å²) in [5.41, 5.74) is 6.23. The smallest absolute Gasteiger partial charge is 0.261 e. The van der Waals surface area contributed by atoms with Gasteiger partial charge in [-0.2, -0.15) is 0 Å². The van der Waals surface area contributed by atoms with E-state index in [9.17, 15) is 4.79 Å². The molecule has 3 nitrogen and oxygen atoms in total. The van der Waals surface area contributed by atoms with Crippen LogP contribution in [0.15, 0.2) is 42.5 Å². The Bertz CT molecular complexity index is 306. The van der Waals surface area contributed by atoms with Crippen LogP contribution in [0.25, 0.3) is 0 Å². The zero-order chi connectivity index (χ0) is 10.2. The highest BCUT2D eigenvalue weighted by atomic mass is 16.2. The van der Waals surface area contributed by atoms with E-state index in [0.29, 0.717) is 0 Å². The normalized spacial score (nSPS) is 10.1. The molecule has 0 aliphatic carbocycles. The van der Waals surface area contributed by atoms with Crippen molar-refractivity contribution in [3.05, 3.63) is 42.5 Å². The number of anilines is 1. The van der Waals surface area contributed by atoms with Gasteiger partial charge >= 0.3 is 0 Å². The van der Waals surface area contributed by atoms with Crippen LogP contribution in [0.1, 0.15) is 13.3 Å². The van der Waals surface area contributed by atoms with Crippen molar-refractivity contribution in [3.63, 3.8) is 0 Å². The number of amides is 1. The van der Waals surface area contributed by atoms with Gasteiger partial charge in [0.1, 0.15) is 0 Å². The van der Waals surface area contributed by atoms with Crippen molar-refractivity contribution in [1.29, 1.82) is 0 Å². The first kappa shape index (κ1) is 10.3. The molecule has 74 valence electrons. The first-order valence-corrected chi connectivity index (χ1v) is 4.60. The van der Waals surface area contributed by atoms with Crippen LogP contribution in [0.2, 0.25) is 0 Å². The molecule has 14 heavy (non-hydrogen) atoms. The van der Waals surface area contributed by atoms with Crippen LogP contribution in [-0.2, 0) is 4.79 Å². The van der Waals surface area contributed by atoms with E-state index in [-0.39, 0.29) is 5.91 Å². The number of benzene rings is 1. The highest BCUT2D eigenvalue weighted by Gasteiger charge is 1.92. The highest BCUT2D eigenvalue weighted by molar-refractivity contribution is 5.88. The summed E-state index contributed by atoms with van der Waals surface area (Å²) in [6.07, 6.45) is 4.18. The van der Waals surface area contributed by atoms with Gasteiger partial charge in [-0.25, -0.2) is 0 Å². The quantitative estimate of drug-likeness (QED) is 0.564. The summed E-state index contributed by atoms with van der Waals surface area (Å²) < 4.78 is 0. The molecule has 0 saturated heterocycles. The number of hydrazine groups is 1. The maximum absolute atomic E-state index is 11.1. The molecule has 2 N–H and O–H groups in total. The van der Waals surface area contributed by atoms with Crippen molar-refractivity contribution in [2.75, 3.05) is 5.43 Å². The SMILES string of the molecule is CC/C=C/C(=O)NNc1ccccc1. The predicted octanol–water partition coefficient (Wildman–Crippen LogP) is 2.10. The van der Waals surface area contributed by atoms with Gasteiger partial charge in [0, 0.05) is 6.08 Å². The molecule has 1 aromatic carbocycles. The van der Waals surface area contributed by atoms with E-state index in [2.05, 4.69) is 10.9 Å². The molecule has 0 unspecified atom stereocenters. The zero-order valence-electron chi connectivity index (χ0n) is 8.16. The molecule has 0 aromatic heterocycles. The summed E-state index contributed by atoms with van der Waals surface area (Å²) in [5.74, 6) is -0.143. The van der Waals surface area contributed by atoms with Crippen molar-refractivity contribution < 1.29 is 4.79 Å². The standard InChI is InChI=1S/C11H14N2O/c1-2-3-9-11(14)13-12-10-7-5-4-6-8-10/h3-9,12H,2H2,1H3,(H,13,14)/b9-3+. The molecule has 1 aromatic rings. The molecule has 0 bridgehead atoms. The average Bonchev–Trinajstić information content (AvgIpc) is 2.25. The number of hydrogen-bond acceptors (Lipinski definition) is 2. The Hall–Kier alpha value is -1.77. The molecule has 0 saturated carbocycles. The second-order valence-electron chi connectivity index (χ2n) is 2.79. The van der Waals surface area contributed by atoms with E-state index < -0.39 is 0 Å². The number of hydrogen-bond donors (Lipinski definition) is 2. The molecule has 1 amide bonds. The fourth-order valence-electron chi connectivity index (χ4n) is 0.922. The maximum Gasteiger partial charge on any atom is 0.261 e. The predicted molar refractivity (Wildman–Crippen MR) is 57.6 cm³/mol. The number of allylic oxidation sites excluding steroid dienone is 1. The molecule has 3 heteroatoms. The molecule has 0 aliphatic rings. The van der Waals surface area contributed by atoms with Crippen molar-refractivity contribution >= 4 is 11.6 Å². The summed E-state index contributed by atoms with van der Waals surface area (Å²) in [6.45, 7) is 1.98. The van der Waals surface area contributed by atoms with E-state index in [1.54, 1.807) is 0 Å². The molecule has 1 rings (SSSR count). The summed E-state index contributed by atoms with van der Waals surface area (Å²) in [4.78, 5) is 11.1. The minimum atomic E-state index is -0.143. The van der Waals surface area contributed by atoms with Crippen LogP contribution in [0, 0.1) is 0 Å². The van der Waals surface area contributed by atoms with Gasteiger partial charge in [0.2, 0.25) is 0 Å². The third kappa shape index (κ3) is 3.76. The van der Waals surface area contributed by atoms with Crippen molar-refractivity contribution in [3.8, 4) is 0 Å². The van der Waals surface area contributed by atoms with Gasteiger partial charge < -0.3 is 0 Å². The number of carbonyl (C=O) groups excluding carboxylic acids is 1. The van der Waals surface area contributed by atoms with Crippen molar-refractivity contribution in [2.45, 2.75) is 13.3 Å². The van der Waals surface area contributed by atoms with E-state index in [1.807, 2.05) is 43.3 Å². The molecule has 0 fully saturated rings. The molecular weight excluding hydrogens is 176 g/mol.